The highest BCUT2D eigenvalue weighted by molar-refractivity contribution is 6.14. The molecule has 12 aromatic carbocycles. The molecule has 0 saturated heterocycles. The predicted molar refractivity (Wildman–Crippen MR) is 298 cm³/mol. The van der Waals surface area contributed by atoms with Crippen LogP contribution in [0.4, 0.5) is 17.1 Å². The molecule has 1 aliphatic heterocycles. The van der Waals surface area contributed by atoms with Crippen LogP contribution in [0.2, 0.25) is 0 Å². The van der Waals surface area contributed by atoms with Gasteiger partial charge in [-0.2, -0.15) is 0 Å². The van der Waals surface area contributed by atoms with Crippen LogP contribution in [-0.2, 0) is 10.8 Å². The molecule has 2 spiro atoms. The average molecular weight is 911 g/mol. The number of hydrogen-bond donors (Lipinski definition) is 0. The molecule has 0 amide bonds. The Hall–Kier alpha value is -9.24. The van der Waals surface area contributed by atoms with E-state index in [0.717, 1.165) is 17.1 Å². The number of nitrogens with zero attached hydrogens (tertiary/aromatic N) is 2. The van der Waals surface area contributed by atoms with E-state index in [9.17, 15) is 0 Å². The maximum Gasteiger partial charge on any atom is 0.0755 e. The lowest BCUT2D eigenvalue weighted by Gasteiger charge is -2.39. The first-order chi connectivity index (χ1) is 35.8. The third-order valence-electron chi connectivity index (χ3n) is 17.2. The molecule has 2 unspecified atom stereocenters. The molecular formula is C70H42N2. The van der Waals surface area contributed by atoms with Gasteiger partial charge in [0.15, 0.2) is 0 Å². The van der Waals surface area contributed by atoms with Gasteiger partial charge in [0.1, 0.15) is 0 Å². The van der Waals surface area contributed by atoms with Crippen molar-refractivity contribution in [3.05, 3.63) is 299 Å². The third kappa shape index (κ3) is 4.49. The lowest BCUT2D eigenvalue weighted by atomic mass is 9.65. The van der Waals surface area contributed by atoms with Gasteiger partial charge in [-0.15, -0.1) is 0 Å². The van der Waals surface area contributed by atoms with Crippen molar-refractivity contribution in [2.45, 2.75) is 10.8 Å². The maximum atomic E-state index is 2.60. The molecule has 1 aromatic heterocycles. The normalized spacial score (nSPS) is 17.0. The summed E-state index contributed by atoms with van der Waals surface area (Å²) in [7, 11) is 0. The second kappa shape index (κ2) is 13.8. The van der Waals surface area contributed by atoms with Gasteiger partial charge in [0.2, 0.25) is 0 Å². The Morgan fingerprint density at radius 2 is 0.806 bits per heavy atom. The van der Waals surface area contributed by atoms with Crippen molar-refractivity contribution >= 4 is 60.4 Å². The summed E-state index contributed by atoms with van der Waals surface area (Å²) in [5.41, 5.74) is 24.4. The summed E-state index contributed by atoms with van der Waals surface area (Å²) in [6.45, 7) is 0. The van der Waals surface area contributed by atoms with Gasteiger partial charge in [0.25, 0.3) is 0 Å². The standard InChI is InChI=1S/C70H42N2/c1-3-21-46-43(18-1)20-15-36-62(46)71(45-39-40-49-48-23-5-9-28-54(48)69(61(49)42-45)55-29-10-6-25-52(55)66-47-22-4-2-19-44(47)38-41-59(66)69)65-37-17-32-58-67(65)53-26-7-11-30-56(53)70(58)57-31-12-14-35-64(57)72-63-34-13-8-24-50(63)51-27-16-33-60(70)68(51)72/h1-42H. The van der Waals surface area contributed by atoms with Crippen molar-refractivity contribution in [3.63, 3.8) is 0 Å². The van der Waals surface area contributed by atoms with E-state index in [-0.39, 0.29) is 0 Å². The molecule has 0 saturated carbocycles. The molecule has 2 atom stereocenters. The van der Waals surface area contributed by atoms with E-state index >= 15 is 0 Å². The molecular weight excluding hydrogens is 869 g/mol. The van der Waals surface area contributed by atoms with Crippen LogP contribution >= 0.6 is 0 Å². The maximum absolute atomic E-state index is 2.60. The first-order valence-electron chi connectivity index (χ1n) is 25.3. The van der Waals surface area contributed by atoms with Crippen LogP contribution in [-0.4, -0.2) is 4.57 Å². The lowest BCUT2D eigenvalue weighted by molar-refractivity contribution is 0.748. The van der Waals surface area contributed by atoms with Crippen LogP contribution < -0.4 is 4.90 Å². The zero-order valence-corrected chi connectivity index (χ0v) is 39.1. The minimum absolute atomic E-state index is 0.527. The highest BCUT2D eigenvalue weighted by Crippen LogP contribution is 2.66. The van der Waals surface area contributed by atoms with Crippen molar-refractivity contribution in [1.82, 2.24) is 4.57 Å². The smallest absolute Gasteiger partial charge is 0.0755 e. The highest BCUT2D eigenvalue weighted by Gasteiger charge is 2.54. The van der Waals surface area contributed by atoms with Crippen LogP contribution in [0, 0.1) is 0 Å². The van der Waals surface area contributed by atoms with Crippen LogP contribution in [0.5, 0.6) is 0 Å². The molecule has 0 radical (unpaired) electrons. The van der Waals surface area contributed by atoms with Gasteiger partial charge in [-0.3, -0.25) is 0 Å². The van der Waals surface area contributed by atoms with Gasteiger partial charge in [0, 0.05) is 27.4 Å². The second-order valence-electron chi connectivity index (χ2n) is 20.2. The van der Waals surface area contributed by atoms with E-state index in [4.69, 9.17) is 0 Å². The van der Waals surface area contributed by atoms with Crippen molar-refractivity contribution < 1.29 is 0 Å². The van der Waals surface area contributed by atoms with E-state index in [1.54, 1.807) is 0 Å². The Balaban J connectivity index is 0.988. The zero-order chi connectivity index (χ0) is 46.9. The van der Waals surface area contributed by atoms with E-state index in [1.807, 2.05) is 0 Å². The molecule has 2 nitrogen and oxygen atoms in total. The number of rotatable bonds is 3. The fraction of sp³-hybridized carbons (Fsp3) is 0.0286. The molecule has 0 bridgehead atoms. The Kier molecular flexibility index (Phi) is 7.37. The molecule has 332 valence electrons. The molecule has 13 aromatic rings. The van der Waals surface area contributed by atoms with Gasteiger partial charge in [-0.25, -0.2) is 0 Å². The van der Waals surface area contributed by atoms with E-state index in [1.165, 1.54) is 127 Å². The van der Waals surface area contributed by atoms with E-state index in [2.05, 4.69) is 264 Å². The summed E-state index contributed by atoms with van der Waals surface area (Å²) in [5, 5.41) is 7.54. The summed E-state index contributed by atoms with van der Waals surface area (Å²) in [6, 6.07) is 96.7. The summed E-state index contributed by atoms with van der Waals surface area (Å²) in [5.74, 6) is 0. The Bertz CT molecular complexity index is 4550. The van der Waals surface area contributed by atoms with Gasteiger partial charge in [-0.05, 0) is 125 Å². The zero-order valence-electron chi connectivity index (χ0n) is 39.1. The summed E-state index contributed by atoms with van der Waals surface area (Å²) in [4.78, 5) is 2.60. The van der Waals surface area contributed by atoms with Gasteiger partial charge >= 0.3 is 0 Å². The number of para-hydroxylation sites is 3. The fourth-order valence-corrected chi connectivity index (χ4v) is 14.6. The first-order valence-corrected chi connectivity index (χ1v) is 25.3. The minimum Gasteiger partial charge on any atom is -0.309 e. The van der Waals surface area contributed by atoms with Crippen molar-refractivity contribution in [3.8, 4) is 39.1 Å². The molecule has 17 rings (SSSR count). The topological polar surface area (TPSA) is 8.17 Å². The highest BCUT2D eigenvalue weighted by atomic mass is 15.1. The summed E-state index contributed by atoms with van der Waals surface area (Å²) >= 11 is 0. The monoisotopic (exact) mass is 910 g/mol. The molecule has 0 fully saturated rings. The van der Waals surface area contributed by atoms with E-state index < -0.39 is 10.8 Å². The van der Waals surface area contributed by atoms with Crippen LogP contribution in [0.1, 0.15) is 44.5 Å². The Morgan fingerprint density at radius 1 is 0.292 bits per heavy atom. The molecule has 72 heavy (non-hydrogen) atoms. The predicted octanol–water partition coefficient (Wildman–Crippen LogP) is 17.6. The molecule has 4 aliphatic rings. The number of aromatic nitrogens is 1. The summed E-state index contributed by atoms with van der Waals surface area (Å²) in [6.07, 6.45) is 0. The van der Waals surface area contributed by atoms with Crippen molar-refractivity contribution in [1.29, 1.82) is 0 Å². The molecule has 2 heterocycles. The molecule has 2 heteroatoms. The average Bonchev–Trinajstić information content (AvgIpc) is 4.15. The number of anilines is 3. The molecule has 0 N–H and O–H groups in total. The molecule has 3 aliphatic carbocycles. The van der Waals surface area contributed by atoms with Crippen LogP contribution in [0.15, 0.2) is 255 Å². The number of hydrogen-bond acceptors (Lipinski definition) is 1. The van der Waals surface area contributed by atoms with Gasteiger partial charge in [0.05, 0.1) is 38.9 Å². The number of fused-ring (bicyclic) bond motifs is 25. The van der Waals surface area contributed by atoms with E-state index in [0.29, 0.717) is 0 Å². The number of benzene rings is 12. The first kappa shape index (κ1) is 38.6. The van der Waals surface area contributed by atoms with Crippen LogP contribution in [0.3, 0.4) is 0 Å². The van der Waals surface area contributed by atoms with Gasteiger partial charge in [-0.1, -0.05) is 218 Å². The Morgan fingerprint density at radius 3 is 1.62 bits per heavy atom. The third-order valence-corrected chi connectivity index (χ3v) is 17.2. The minimum atomic E-state index is -0.587. The van der Waals surface area contributed by atoms with Crippen LogP contribution in [0.25, 0.3) is 82.4 Å². The van der Waals surface area contributed by atoms with Gasteiger partial charge < -0.3 is 9.47 Å². The summed E-state index contributed by atoms with van der Waals surface area (Å²) < 4.78 is 2.54. The quantitative estimate of drug-likeness (QED) is 0.171. The SMILES string of the molecule is c1ccc2c(c1)-c1ccc(N(c3cccc4c3-c3ccccc3C43c4ccccc4-n4c5ccccc5c5cccc3c54)c3cccc4ccccc34)cc1C21c2ccccc2-c2c1ccc1ccccc21. The Labute approximate surface area is 417 Å². The van der Waals surface area contributed by atoms with Crippen molar-refractivity contribution in [2.24, 2.45) is 0 Å². The second-order valence-corrected chi connectivity index (χ2v) is 20.2. The fourth-order valence-electron chi connectivity index (χ4n) is 14.6. The lowest BCUT2D eigenvalue weighted by Crippen LogP contribution is -2.33. The van der Waals surface area contributed by atoms with Crippen molar-refractivity contribution in [2.75, 3.05) is 4.90 Å². The largest absolute Gasteiger partial charge is 0.309 e.